The second-order valence-electron chi connectivity index (χ2n) is 8.06. The average molecular weight is 412 g/mol. The van der Waals surface area contributed by atoms with Crippen molar-refractivity contribution in [2.24, 2.45) is 0 Å². The van der Waals surface area contributed by atoms with Crippen LogP contribution in [0.4, 0.5) is 0 Å². The number of nitrogens with zero attached hydrogens (tertiary/aromatic N) is 4. The molecule has 0 saturated carbocycles. The smallest absolute Gasteiger partial charge is 0.141 e. The number of H-pyrrole nitrogens is 1. The van der Waals surface area contributed by atoms with E-state index >= 15 is 0 Å². The van der Waals surface area contributed by atoms with Crippen LogP contribution in [0.2, 0.25) is 0 Å². The molecular weight excluding hydrogens is 386 g/mol. The van der Waals surface area contributed by atoms with Gasteiger partial charge in [0.1, 0.15) is 23.2 Å². The monoisotopic (exact) mass is 411 g/mol. The van der Waals surface area contributed by atoms with E-state index in [-0.39, 0.29) is 0 Å². The second-order valence-corrected chi connectivity index (χ2v) is 8.06. The fourth-order valence-electron chi connectivity index (χ4n) is 4.41. The molecule has 156 valence electrons. The minimum Gasteiger partial charge on any atom is -0.494 e. The van der Waals surface area contributed by atoms with E-state index < -0.39 is 0 Å². The zero-order valence-electron chi connectivity index (χ0n) is 17.7. The minimum absolute atomic E-state index is 0.402. The fraction of sp³-hybridized carbons (Fsp3) is 0.320. The Bertz CT molecular complexity index is 1280. The Hall–Kier alpha value is -3.43. The van der Waals surface area contributed by atoms with Crippen LogP contribution in [-0.2, 0) is 6.54 Å². The molecule has 1 saturated heterocycles. The number of likely N-dealkylation sites (tertiary alicyclic amines) is 1. The first-order valence-electron chi connectivity index (χ1n) is 10.9. The van der Waals surface area contributed by atoms with Gasteiger partial charge >= 0.3 is 0 Å². The number of benzene rings is 1. The van der Waals surface area contributed by atoms with Gasteiger partial charge in [-0.3, -0.25) is 4.90 Å². The Kier molecular flexibility index (Phi) is 5.27. The molecular formula is C25H25N5O. The van der Waals surface area contributed by atoms with Crippen molar-refractivity contribution >= 4 is 21.9 Å². The van der Waals surface area contributed by atoms with Crippen molar-refractivity contribution in [3.05, 3.63) is 54.0 Å². The molecule has 0 radical (unpaired) electrons. The molecule has 1 fully saturated rings. The van der Waals surface area contributed by atoms with Gasteiger partial charge in [0.2, 0.25) is 0 Å². The number of hydrogen-bond donors (Lipinski definition) is 1. The molecule has 4 heterocycles. The number of aromatic amines is 1. The molecule has 3 aromatic heterocycles. The van der Waals surface area contributed by atoms with Crippen molar-refractivity contribution in [2.75, 3.05) is 19.7 Å². The van der Waals surface area contributed by atoms with Gasteiger partial charge in [-0.05, 0) is 56.6 Å². The van der Waals surface area contributed by atoms with Gasteiger partial charge in [0.15, 0.2) is 0 Å². The van der Waals surface area contributed by atoms with E-state index in [0.29, 0.717) is 12.3 Å². The summed E-state index contributed by atoms with van der Waals surface area (Å²) >= 11 is 0. The highest BCUT2D eigenvalue weighted by atomic mass is 16.5. The third-order valence-electron chi connectivity index (χ3n) is 5.99. The lowest BCUT2D eigenvalue weighted by Gasteiger charge is -2.27. The van der Waals surface area contributed by atoms with Crippen molar-refractivity contribution < 1.29 is 4.74 Å². The number of aromatic nitrogens is 3. The van der Waals surface area contributed by atoms with Crippen molar-refractivity contribution in [3.8, 4) is 22.9 Å². The average Bonchev–Trinajstić information content (AvgIpc) is 3.18. The number of pyridine rings is 2. The highest BCUT2D eigenvalue weighted by molar-refractivity contribution is 6.07. The molecule has 0 atom stereocenters. The number of rotatable bonds is 5. The van der Waals surface area contributed by atoms with Gasteiger partial charge in [-0.15, -0.1) is 0 Å². The molecule has 1 aromatic carbocycles. The summed E-state index contributed by atoms with van der Waals surface area (Å²) in [6, 6.07) is 12.5. The summed E-state index contributed by atoms with van der Waals surface area (Å²) in [5, 5.41) is 11.2. The van der Waals surface area contributed by atoms with E-state index in [9.17, 15) is 5.26 Å². The largest absolute Gasteiger partial charge is 0.494 e. The van der Waals surface area contributed by atoms with Gasteiger partial charge in [-0.1, -0.05) is 18.6 Å². The maximum atomic E-state index is 9.21. The lowest BCUT2D eigenvalue weighted by molar-refractivity contribution is 0.216. The summed E-state index contributed by atoms with van der Waals surface area (Å²) in [6.07, 6.45) is 7.47. The van der Waals surface area contributed by atoms with Gasteiger partial charge in [0.25, 0.3) is 0 Å². The summed E-state index contributed by atoms with van der Waals surface area (Å²) in [4.78, 5) is 14.6. The highest BCUT2D eigenvalue weighted by Gasteiger charge is 2.15. The van der Waals surface area contributed by atoms with Crippen molar-refractivity contribution in [1.29, 1.82) is 5.26 Å². The molecule has 6 heteroatoms. The van der Waals surface area contributed by atoms with Crippen molar-refractivity contribution in [1.82, 2.24) is 19.9 Å². The van der Waals surface area contributed by atoms with Gasteiger partial charge in [-0.25, -0.2) is 9.97 Å². The molecule has 1 aliphatic rings. The maximum Gasteiger partial charge on any atom is 0.141 e. The Morgan fingerprint density at radius 3 is 2.71 bits per heavy atom. The Morgan fingerprint density at radius 2 is 1.90 bits per heavy atom. The first-order valence-corrected chi connectivity index (χ1v) is 10.9. The van der Waals surface area contributed by atoms with Crippen LogP contribution < -0.4 is 4.74 Å². The topological polar surface area (TPSA) is 77.8 Å². The standard InChI is InChI=1S/C25H25N5O/c1-2-31-24-11-17(6-7-18(24)16-30-8-4-3-5-9-30)19-10-22-21-12-20(13-26)27-15-23(21)29-25(22)28-14-19/h6-7,10-12,14-15H,2-5,8-9,16H2,1H3,(H,28,29). The molecule has 0 unspecified atom stereocenters. The van der Waals surface area contributed by atoms with Crippen molar-refractivity contribution in [2.45, 2.75) is 32.7 Å². The molecule has 1 aliphatic heterocycles. The minimum atomic E-state index is 0.402. The summed E-state index contributed by atoms with van der Waals surface area (Å²) in [6.45, 7) is 5.92. The molecule has 0 spiro atoms. The predicted molar refractivity (Wildman–Crippen MR) is 122 cm³/mol. The van der Waals surface area contributed by atoms with Gasteiger partial charge in [0.05, 0.1) is 18.3 Å². The Morgan fingerprint density at radius 1 is 1.03 bits per heavy atom. The second kappa shape index (κ2) is 8.37. The Balaban J connectivity index is 1.53. The first kappa shape index (κ1) is 19.5. The van der Waals surface area contributed by atoms with Crippen LogP contribution in [0.15, 0.2) is 42.7 Å². The third-order valence-corrected chi connectivity index (χ3v) is 5.99. The van der Waals surface area contributed by atoms with E-state index in [0.717, 1.165) is 58.4 Å². The number of piperidine rings is 1. The van der Waals surface area contributed by atoms with Gasteiger partial charge in [-0.2, -0.15) is 5.26 Å². The summed E-state index contributed by atoms with van der Waals surface area (Å²) in [7, 11) is 0. The van der Waals surface area contributed by atoms with Crippen LogP contribution in [0.3, 0.4) is 0 Å². The normalized spacial score (nSPS) is 14.7. The van der Waals surface area contributed by atoms with Crippen LogP contribution in [-0.4, -0.2) is 39.5 Å². The molecule has 0 bridgehead atoms. The lowest BCUT2D eigenvalue weighted by atomic mass is 10.0. The van der Waals surface area contributed by atoms with Crippen LogP contribution in [0.1, 0.15) is 37.4 Å². The number of nitrogens with one attached hydrogen (secondary N) is 1. The molecule has 4 aromatic rings. The Labute approximate surface area is 181 Å². The summed E-state index contributed by atoms with van der Waals surface area (Å²) < 4.78 is 6.02. The quantitative estimate of drug-likeness (QED) is 0.498. The third kappa shape index (κ3) is 3.85. The van der Waals surface area contributed by atoms with Crippen LogP contribution in [0.25, 0.3) is 33.1 Å². The zero-order valence-corrected chi connectivity index (χ0v) is 17.7. The molecule has 0 aliphatic carbocycles. The van der Waals surface area contributed by atoms with E-state index in [4.69, 9.17) is 4.74 Å². The van der Waals surface area contributed by atoms with E-state index in [2.05, 4.69) is 50.2 Å². The van der Waals surface area contributed by atoms with E-state index in [1.54, 1.807) is 6.20 Å². The first-order chi connectivity index (χ1) is 15.2. The van der Waals surface area contributed by atoms with Gasteiger partial charge in [0, 0.05) is 34.6 Å². The number of fused-ring (bicyclic) bond motifs is 3. The lowest BCUT2D eigenvalue weighted by Crippen LogP contribution is -2.29. The van der Waals surface area contributed by atoms with E-state index in [1.165, 1.54) is 24.8 Å². The number of hydrogen-bond acceptors (Lipinski definition) is 5. The highest BCUT2D eigenvalue weighted by Crippen LogP contribution is 2.32. The van der Waals surface area contributed by atoms with Crippen LogP contribution >= 0.6 is 0 Å². The maximum absolute atomic E-state index is 9.21. The van der Waals surface area contributed by atoms with Crippen LogP contribution in [0.5, 0.6) is 5.75 Å². The summed E-state index contributed by atoms with van der Waals surface area (Å²) in [5.41, 5.74) is 5.41. The molecule has 6 nitrogen and oxygen atoms in total. The van der Waals surface area contributed by atoms with E-state index in [1.807, 2.05) is 19.2 Å². The van der Waals surface area contributed by atoms with Crippen LogP contribution in [0, 0.1) is 11.3 Å². The molecule has 5 rings (SSSR count). The molecule has 1 N–H and O–H groups in total. The number of ether oxygens (including phenoxy) is 1. The van der Waals surface area contributed by atoms with Gasteiger partial charge < -0.3 is 9.72 Å². The predicted octanol–water partition coefficient (Wildman–Crippen LogP) is 5.03. The zero-order chi connectivity index (χ0) is 21.2. The fourth-order valence-corrected chi connectivity index (χ4v) is 4.41. The SMILES string of the molecule is CCOc1cc(-c2cnc3[nH]c4cnc(C#N)cc4c3c2)ccc1CN1CCCCC1. The molecule has 0 amide bonds. The van der Waals surface area contributed by atoms with Crippen molar-refractivity contribution in [3.63, 3.8) is 0 Å². The summed E-state index contributed by atoms with van der Waals surface area (Å²) in [5.74, 6) is 0.945. The number of nitriles is 1. The molecule has 31 heavy (non-hydrogen) atoms.